The van der Waals surface area contributed by atoms with E-state index in [1.807, 2.05) is 0 Å². The smallest absolute Gasteiger partial charge is 0.413 e. The number of nitro groups is 1. The number of amidine groups is 1. The molecule has 1 fully saturated rings. The molecule has 0 saturated heterocycles. The van der Waals surface area contributed by atoms with Gasteiger partial charge in [-0.05, 0) is 45.6 Å². The SMILES string of the molecule is CC(C)(C)OC(=O)NC1=N[C@@]2(c3cc([N+](=O)[O-])ccc3F)CCCC[C@H]2CS1. The third kappa shape index (κ3) is 4.29. The predicted molar refractivity (Wildman–Crippen MR) is 106 cm³/mol. The number of carbonyl (C=O) groups excluding carboxylic acids is 1. The number of ether oxygens (including phenoxy) is 1. The van der Waals surface area contributed by atoms with Gasteiger partial charge in [0, 0.05) is 23.4 Å². The van der Waals surface area contributed by atoms with Crippen LogP contribution in [-0.2, 0) is 10.3 Å². The number of benzene rings is 1. The van der Waals surface area contributed by atoms with Gasteiger partial charge >= 0.3 is 6.09 Å². The van der Waals surface area contributed by atoms with Gasteiger partial charge in [-0.3, -0.25) is 20.4 Å². The van der Waals surface area contributed by atoms with Crippen LogP contribution in [0.2, 0.25) is 0 Å². The summed E-state index contributed by atoms with van der Waals surface area (Å²) >= 11 is 1.39. The van der Waals surface area contributed by atoms with Crippen molar-refractivity contribution in [1.82, 2.24) is 5.32 Å². The molecule has 2 atom stereocenters. The molecule has 9 heteroatoms. The van der Waals surface area contributed by atoms with Gasteiger partial charge in [0.1, 0.15) is 11.4 Å². The van der Waals surface area contributed by atoms with Gasteiger partial charge in [0.25, 0.3) is 5.69 Å². The second kappa shape index (κ2) is 7.69. The van der Waals surface area contributed by atoms with Gasteiger partial charge in [-0.25, -0.2) is 9.18 Å². The molecule has 0 radical (unpaired) electrons. The van der Waals surface area contributed by atoms with Crippen LogP contribution in [0.5, 0.6) is 0 Å². The van der Waals surface area contributed by atoms with Crippen molar-refractivity contribution in [2.75, 3.05) is 5.75 Å². The van der Waals surface area contributed by atoms with Crippen LogP contribution in [-0.4, -0.2) is 27.5 Å². The second-order valence-corrected chi connectivity index (χ2v) is 9.15. The summed E-state index contributed by atoms with van der Waals surface area (Å²) in [6.45, 7) is 5.29. The zero-order chi connectivity index (χ0) is 20.5. The molecule has 1 saturated carbocycles. The van der Waals surface area contributed by atoms with Crippen LogP contribution in [0.4, 0.5) is 14.9 Å². The van der Waals surface area contributed by atoms with Crippen molar-refractivity contribution < 1.29 is 18.8 Å². The Morgan fingerprint density at radius 1 is 1.43 bits per heavy atom. The zero-order valence-corrected chi connectivity index (χ0v) is 17.0. The van der Waals surface area contributed by atoms with E-state index in [9.17, 15) is 19.3 Å². The summed E-state index contributed by atoms with van der Waals surface area (Å²) in [5.41, 5.74) is -1.49. The Bertz CT molecular complexity index is 824. The molecule has 0 aromatic heterocycles. The largest absolute Gasteiger partial charge is 0.444 e. The third-order valence-corrected chi connectivity index (χ3v) is 6.03. The van der Waals surface area contributed by atoms with Crippen LogP contribution in [0.1, 0.15) is 52.0 Å². The molecule has 0 unspecified atom stereocenters. The molecule has 28 heavy (non-hydrogen) atoms. The molecule has 1 heterocycles. The highest BCUT2D eigenvalue weighted by Crippen LogP contribution is 2.50. The minimum Gasteiger partial charge on any atom is -0.444 e. The van der Waals surface area contributed by atoms with E-state index in [0.29, 0.717) is 17.3 Å². The molecule has 1 aliphatic heterocycles. The maximum atomic E-state index is 14.8. The van der Waals surface area contributed by atoms with Crippen molar-refractivity contribution in [2.45, 2.75) is 57.6 Å². The summed E-state index contributed by atoms with van der Waals surface area (Å²) in [6, 6.07) is 3.58. The average molecular weight is 409 g/mol. The van der Waals surface area contributed by atoms with Crippen LogP contribution >= 0.6 is 11.8 Å². The standard InChI is InChI=1S/C19H24FN3O4S/c1-18(2,3)27-17(24)21-16-22-19(9-5-4-6-12(19)11-28-16)14-10-13(23(25)26)7-8-15(14)20/h7-8,10,12H,4-6,9,11H2,1-3H3,(H,21,22,24)/t12-,19-/m0/s1. The van der Waals surface area contributed by atoms with Crippen LogP contribution in [0.3, 0.4) is 0 Å². The number of hydrogen-bond acceptors (Lipinski definition) is 6. The normalized spacial score (nSPS) is 24.7. The first-order chi connectivity index (χ1) is 13.1. The monoisotopic (exact) mass is 409 g/mol. The van der Waals surface area contributed by atoms with Crippen molar-refractivity contribution in [3.8, 4) is 0 Å². The van der Waals surface area contributed by atoms with Crippen molar-refractivity contribution in [2.24, 2.45) is 10.9 Å². The van der Waals surface area contributed by atoms with Gasteiger partial charge in [0.2, 0.25) is 0 Å². The van der Waals surface area contributed by atoms with E-state index in [1.54, 1.807) is 20.8 Å². The number of fused-ring (bicyclic) bond motifs is 1. The van der Waals surface area contributed by atoms with Crippen molar-refractivity contribution in [3.63, 3.8) is 0 Å². The maximum Gasteiger partial charge on any atom is 0.413 e. The molecule has 1 aromatic rings. The van der Waals surface area contributed by atoms with E-state index in [2.05, 4.69) is 5.32 Å². The number of non-ortho nitro benzene ring substituents is 1. The Morgan fingerprint density at radius 2 is 2.18 bits per heavy atom. The highest BCUT2D eigenvalue weighted by Gasteiger charge is 2.47. The Kier molecular flexibility index (Phi) is 5.65. The van der Waals surface area contributed by atoms with Gasteiger partial charge in [0.15, 0.2) is 5.17 Å². The summed E-state index contributed by atoms with van der Waals surface area (Å²) in [6.07, 6.45) is 2.66. The highest BCUT2D eigenvalue weighted by molar-refractivity contribution is 8.13. The van der Waals surface area contributed by atoms with Crippen LogP contribution in [0, 0.1) is 21.8 Å². The Hall–Kier alpha value is -2.16. The molecule has 2 aliphatic rings. The number of nitrogens with zero attached hydrogens (tertiary/aromatic N) is 2. The average Bonchev–Trinajstić information content (AvgIpc) is 2.59. The summed E-state index contributed by atoms with van der Waals surface area (Å²) in [4.78, 5) is 27.6. The summed E-state index contributed by atoms with van der Waals surface area (Å²) in [5.74, 6) is 0.188. The fraction of sp³-hybridized carbons (Fsp3) is 0.579. The van der Waals surface area contributed by atoms with E-state index in [4.69, 9.17) is 9.73 Å². The lowest BCUT2D eigenvalue weighted by Crippen LogP contribution is -2.45. The van der Waals surface area contributed by atoms with Crippen LogP contribution in [0.25, 0.3) is 0 Å². The Balaban J connectivity index is 2.00. The number of aliphatic imine (C=N–C) groups is 1. The molecule has 152 valence electrons. The second-order valence-electron chi connectivity index (χ2n) is 8.14. The van der Waals surface area contributed by atoms with E-state index < -0.39 is 28.0 Å². The third-order valence-electron chi connectivity index (χ3n) is 4.99. The van der Waals surface area contributed by atoms with E-state index >= 15 is 0 Å². The lowest BCUT2D eigenvalue weighted by molar-refractivity contribution is -0.385. The van der Waals surface area contributed by atoms with Crippen LogP contribution < -0.4 is 5.32 Å². The van der Waals surface area contributed by atoms with E-state index in [-0.39, 0.29) is 17.2 Å². The summed E-state index contributed by atoms with van der Waals surface area (Å²) < 4.78 is 20.1. The Labute approximate surface area is 167 Å². The quantitative estimate of drug-likeness (QED) is 0.562. The molecule has 0 spiro atoms. The molecule has 3 rings (SSSR count). The minimum atomic E-state index is -0.913. The number of alkyl carbamates (subject to hydrolysis) is 1. The first-order valence-electron chi connectivity index (χ1n) is 9.28. The number of carbonyl (C=O) groups is 1. The number of rotatable bonds is 2. The minimum absolute atomic E-state index is 0.0481. The number of nitro benzene ring substituents is 1. The fourth-order valence-electron chi connectivity index (χ4n) is 3.82. The molecule has 7 nitrogen and oxygen atoms in total. The molecular formula is C19H24FN3O4S. The molecule has 1 aliphatic carbocycles. The molecule has 1 amide bonds. The zero-order valence-electron chi connectivity index (χ0n) is 16.2. The van der Waals surface area contributed by atoms with Gasteiger partial charge in [-0.1, -0.05) is 24.6 Å². The van der Waals surface area contributed by atoms with Crippen molar-refractivity contribution in [3.05, 3.63) is 39.7 Å². The van der Waals surface area contributed by atoms with Gasteiger partial charge in [0.05, 0.1) is 10.5 Å². The molecular weight excluding hydrogens is 385 g/mol. The number of amides is 1. The molecule has 1 aromatic carbocycles. The van der Waals surface area contributed by atoms with Gasteiger partial charge in [-0.15, -0.1) is 0 Å². The molecule has 1 N–H and O–H groups in total. The number of nitrogens with one attached hydrogen (secondary N) is 1. The van der Waals surface area contributed by atoms with Crippen molar-refractivity contribution >= 4 is 28.7 Å². The summed E-state index contributed by atoms with van der Waals surface area (Å²) in [7, 11) is 0. The van der Waals surface area contributed by atoms with E-state index in [0.717, 1.165) is 31.4 Å². The Morgan fingerprint density at radius 3 is 2.86 bits per heavy atom. The van der Waals surface area contributed by atoms with Gasteiger partial charge in [-0.2, -0.15) is 0 Å². The lowest BCUT2D eigenvalue weighted by atomic mass is 9.69. The van der Waals surface area contributed by atoms with Crippen LogP contribution in [0.15, 0.2) is 23.2 Å². The number of thioether (sulfide) groups is 1. The highest BCUT2D eigenvalue weighted by atomic mass is 32.2. The van der Waals surface area contributed by atoms with E-state index in [1.165, 1.54) is 17.8 Å². The first kappa shape index (κ1) is 20.6. The van der Waals surface area contributed by atoms with Gasteiger partial charge < -0.3 is 4.74 Å². The summed E-state index contributed by atoms with van der Waals surface area (Å²) in [5, 5.41) is 14.2. The maximum absolute atomic E-state index is 14.8. The fourth-order valence-corrected chi connectivity index (χ4v) is 5.00. The lowest BCUT2D eigenvalue weighted by Gasteiger charge is -2.44. The topological polar surface area (TPSA) is 93.8 Å². The number of halogens is 1. The number of hydrogen-bond donors (Lipinski definition) is 1. The predicted octanol–water partition coefficient (Wildman–Crippen LogP) is 4.75. The molecule has 0 bridgehead atoms. The first-order valence-corrected chi connectivity index (χ1v) is 10.3. The van der Waals surface area contributed by atoms with Crippen molar-refractivity contribution in [1.29, 1.82) is 0 Å².